The van der Waals surface area contributed by atoms with Crippen molar-refractivity contribution in [3.05, 3.63) is 59.5 Å². The average molecular weight is 431 g/mol. The summed E-state index contributed by atoms with van der Waals surface area (Å²) in [5, 5.41) is 3.25. The lowest BCUT2D eigenvalue weighted by molar-refractivity contribution is 0.0527. The molecule has 1 aromatic heterocycles. The van der Waals surface area contributed by atoms with Crippen LogP contribution in [0.3, 0.4) is 0 Å². The number of benzene rings is 2. The predicted molar refractivity (Wildman–Crippen MR) is 110 cm³/mol. The van der Waals surface area contributed by atoms with Crippen LogP contribution in [-0.4, -0.2) is 43.9 Å². The number of anilines is 3. The number of esters is 1. The number of hydrogen-bond acceptors (Lipinski definition) is 6. The second-order valence-electron chi connectivity index (χ2n) is 6.94. The lowest BCUT2D eigenvalue weighted by Gasteiger charge is -2.29. The van der Waals surface area contributed by atoms with Crippen molar-refractivity contribution in [1.82, 2.24) is 4.98 Å². The molecule has 0 unspecified atom stereocenters. The molecule has 0 saturated carbocycles. The third kappa shape index (κ3) is 4.27. The van der Waals surface area contributed by atoms with E-state index < -0.39 is 23.4 Å². The first-order valence-electron chi connectivity index (χ1n) is 9.82. The summed E-state index contributed by atoms with van der Waals surface area (Å²) in [4.78, 5) is 18.6. The van der Waals surface area contributed by atoms with Gasteiger partial charge in [-0.2, -0.15) is 0 Å². The van der Waals surface area contributed by atoms with Crippen molar-refractivity contribution in [1.29, 1.82) is 0 Å². The van der Waals surface area contributed by atoms with E-state index in [-0.39, 0.29) is 29.1 Å². The van der Waals surface area contributed by atoms with Gasteiger partial charge in [-0.1, -0.05) is 0 Å². The third-order valence-electron chi connectivity index (χ3n) is 4.97. The van der Waals surface area contributed by atoms with Gasteiger partial charge >= 0.3 is 5.97 Å². The van der Waals surface area contributed by atoms with E-state index in [2.05, 4.69) is 10.3 Å². The minimum absolute atomic E-state index is 0.0447. The monoisotopic (exact) mass is 431 g/mol. The molecule has 162 valence electrons. The molecule has 0 amide bonds. The fourth-order valence-electron chi connectivity index (χ4n) is 3.47. The molecule has 1 fully saturated rings. The van der Waals surface area contributed by atoms with Gasteiger partial charge < -0.3 is 19.7 Å². The van der Waals surface area contributed by atoms with Crippen LogP contribution < -0.4 is 10.2 Å². The molecule has 0 radical (unpaired) electrons. The van der Waals surface area contributed by atoms with Gasteiger partial charge in [0.25, 0.3) is 0 Å². The van der Waals surface area contributed by atoms with Crippen molar-refractivity contribution in [2.45, 2.75) is 6.92 Å². The topological polar surface area (TPSA) is 63.7 Å². The van der Waals surface area contributed by atoms with Crippen LogP contribution in [0.5, 0.6) is 0 Å². The second-order valence-corrected chi connectivity index (χ2v) is 6.94. The number of hydrogen-bond donors (Lipinski definition) is 1. The van der Waals surface area contributed by atoms with Crippen LogP contribution in [0, 0.1) is 17.5 Å². The van der Waals surface area contributed by atoms with Gasteiger partial charge in [0.05, 0.1) is 42.4 Å². The zero-order chi connectivity index (χ0) is 22.0. The Balaban J connectivity index is 1.89. The van der Waals surface area contributed by atoms with Crippen molar-refractivity contribution in [3.63, 3.8) is 0 Å². The first-order chi connectivity index (χ1) is 15.0. The van der Waals surface area contributed by atoms with Crippen molar-refractivity contribution in [2.24, 2.45) is 0 Å². The highest BCUT2D eigenvalue weighted by Crippen LogP contribution is 2.35. The molecule has 31 heavy (non-hydrogen) atoms. The maximum absolute atomic E-state index is 14.8. The Bertz CT molecular complexity index is 1130. The van der Waals surface area contributed by atoms with E-state index in [1.54, 1.807) is 13.0 Å². The average Bonchev–Trinajstić information content (AvgIpc) is 2.76. The van der Waals surface area contributed by atoms with Crippen molar-refractivity contribution < 1.29 is 27.4 Å². The van der Waals surface area contributed by atoms with Gasteiger partial charge in [0.15, 0.2) is 0 Å². The number of ether oxygens (including phenoxy) is 2. The Hall–Kier alpha value is -3.33. The largest absolute Gasteiger partial charge is 0.462 e. The normalized spacial score (nSPS) is 14.0. The summed E-state index contributed by atoms with van der Waals surface area (Å²) in [6.07, 6.45) is 1.25. The fourth-order valence-corrected chi connectivity index (χ4v) is 3.47. The number of morpholine rings is 1. The van der Waals surface area contributed by atoms with Crippen LogP contribution >= 0.6 is 0 Å². The maximum Gasteiger partial charge on any atom is 0.341 e. The molecule has 1 N–H and O–H groups in total. The molecular formula is C22H20F3N3O3. The molecule has 4 rings (SSSR count). The molecule has 3 aromatic rings. The lowest BCUT2D eigenvalue weighted by atomic mass is 10.1. The summed E-state index contributed by atoms with van der Waals surface area (Å²) in [6, 6.07) is 5.88. The number of pyridine rings is 1. The standard InChI is InChI=1S/C22H20F3N3O3/c1-2-31-22(29)15-12-26-19-11-17(25)20(28-5-7-30-8-6-28)10-14(19)21(15)27-18-4-3-13(23)9-16(18)24/h3-4,9-12H,2,5-8H2,1H3,(H,26,27). The molecule has 0 spiro atoms. The first kappa shape index (κ1) is 20.9. The van der Waals surface area contributed by atoms with Crippen molar-refractivity contribution in [2.75, 3.05) is 43.1 Å². The van der Waals surface area contributed by atoms with E-state index >= 15 is 0 Å². The zero-order valence-corrected chi connectivity index (χ0v) is 16.8. The van der Waals surface area contributed by atoms with E-state index in [4.69, 9.17) is 9.47 Å². The van der Waals surface area contributed by atoms with Crippen molar-refractivity contribution in [3.8, 4) is 0 Å². The number of nitrogens with one attached hydrogen (secondary N) is 1. The summed E-state index contributed by atoms with van der Waals surface area (Å²) in [7, 11) is 0. The first-order valence-corrected chi connectivity index (χ1v) is 9.82. The fraction of sp³-hybridized carbons (Fsp3) is 0.273. The lowest BCUT2D eigenvalue weighted by Crippen LogP contribution is -2.36. The van der Waals surface area contributed by atoms with E-state index in [0.29, 0.717) is 37.4 Å². The van der Waals surface area contributed by atoms with Crippen LogP contribution in [0.25, 0.3) is 10.9 Å². The van der Waals surface area contributed by atoms with E-state index in [9.17, 15) is 18.0 Å². The number of halogens is 3. The Morgan fingerprint density at radius 1 is 1.16 bits per heavy atom. The van der Waals surface area contributed by atoms with Gasteiger partial charge in [0.2, 0.25) is 0 Å². The summed E-state index contributed by atoms with van der Waals surface area (Å²) < 4.78 is 52.9. The van der Waals surface area contributed by atoms with Gasteiger partial charge in [-0.3, -0.25) is 4.98 Å². The van der Waals surface area contributed by atoms with Crippen LogP contribution in [0.2, 0.25) is 0 Å². The Morgan fingerprint density at radius 2 is 1.94 bits per heavy atom. The Labute approximate surface area is 176 Å². The molecule has 1 saturated heterocycles. The zero-order valence-electron chi connectivity index (χ0n) is 16.8. The number of nitrogens with zero attached hydrogens (tertiary/aromatic N) is 2. The predicted octanol–water partition coefficient (Wildman–Crippen LogP) is 4.41. The number of aromatic nitrogens is 1. The van der Waals surface area contributed by atoms with E-state index in [1.165, 1.54) is 18.3 Å². The molecule has 1 aliphatic rings. The highest BCUT2D eigenvalue weighted by atomic mass is 19.1. The van der Waals surface area contributed by atoms with Gasteiger partial charge in [-0.05, 0) is 25.1 Å². The minimum atomic E-state index is -0.838. The summed E-state index contributed by atoms with van der Waals surface area (Å²) in [5.41, 5.74) is 0.798. The SMILES string of the molecule is CCOC(=O)c1cnc2cc(F)c(N3CCOCC3)cc2c1Nc1ccc(F)cc1F. The molecule has 0 bridgehead atoms. The molecule has 1 aliphatic heterocycles. The quantitative estimate of drug-likeness (QED) is 0.604. The second kappa shape index (κ2) is 8.81. The summed E-state index contributed by atoms with van der Waals surface area (Å²) >= 11 is 0. The molecule has 2 aromatic carbocycles. The van der Waals surface area contributed by atoms with Gasteiger partial charge in [-0.25, -0.2) is 18.0 Å². The summed E-state index contributed by atoms with van der Waals surface area (Å²) in [5.74, 6) is -2.70. The number of fused-ring (bicyclic) bond motifs is 1. The molecule has 0 aliphatic carbocycles. The Kier molecular flexibility index (Phi) is 5.94. The smallest absolute Gasteiger partial charge is 0.341 e. The van der Waals surface area contributed by atoms with Gasteiger partial charge in [0.1, 0.15) is 23.0 Å². The van der Waals surface area contributed by atoms with Gasteiger partial charge in [0, 0.05) is 36.8 Å². The molecule has 6 nitrogen and oxygen atoms in total. The third-order valence-corrected chi connectivity index (χ3v) is 4.97. The van der Waals surface area contributed by atoms with Gasteiger partial charge in [-0.15, -0.1) is 0 Å². The van der Waals surface area contributed by atoms with Crippen molar-refractivity contribution >= 4 is 33.9 Å². The van der Waals surface area contributed by atoms with E-state index in [0.717, 1.165) is 12.1 Å². The number of carbonyl (C=O) groups excluding carboxylic acids is 1. The number of carbonyl (C=O) groups is 1. The van der Waals surface area contributed by atoms with Crippen LogP contribution in [0.15, 0.2) is 36.5 Å². The highest BCUT2D eigenvalue weighted by Gasteiger charge is 2.22. The molecule has 0 atom stereocenters. The van der Waals surface area contributed by atoms with Crippen LogP contribution in [-0.2, 0) is 9.47 Å². The minimum Gasteiger partial charge on any atom is -0.462 e. The maximum atomic E-state index is 14.8. The summed E-state index contributed by atoms with van der Waals surface area (Å²) in [6.45, 7) is 3.72. The molecule has 9 heteroatoms. The molecule has 2 heterocycles. The Morgan fingerprint density at radius 3 is 2.65 bits per heavy atom. The van der Waals surface area contributed by atoms with E-state index in [1.807, 2.05) is 4.90 Å². The number of rotatable bonds is 5. The molecular weight excluding hydrogens is 411 g/mol. The highest BCUT2D eigenvalue weighted by molar-refractivity contribution is 6.06. The van der Waals surface area contributed by atoms with Crippen LogP contribution in [0.1, 0.15) is 17.3 Å². The van der Waals surface area contributed by atoms with Crippen LogP contribution in [0.4, 0.5) is 30.2 Å².